The predicted molar refractivity (Wildman–Crippen MR) is 101 cm³/mol. The molecule has 2 aromatic carbocycles. The molecule has 1 aromatic heterocycles. The fraction of sp³-hybridized carbons (Fsp3) is 0.100. The molecule has 0 bridgehead atoms. The second-order valence-corrected chi connectivity index (χ2v) is 5.97. The number of fused-ring (bicyclic) bond motifs is 1. The molecular formula is C20H18N2O4. The number of ketones is 1. The first-order valence-electron chi connectivity index (χ1n) is 7.98. The van der Waals surface area contributed by atoms with Crippen molar-refractivity contribution in [1.29, 1.82) is 0 Å². The van der Waals surface area contributed by atoms with E-state index in [1.807, 2.05) is 0 Å². The van der Waals surface area contributed by atoms with E-state index >= 15 is 0 Å². The number of aromatic nitrogens is 1. The number of allylic oxidation sites excluding steroid dienone is 2. The number of hydrogen-bond donors (Lipinski definition) is 3. The minimum atomic E-state index is -0.586. The molecule has 132 valence electrons. The third-order valence-electron chi connectivity index (χ3n) is 4.08. The number of rotatable bonds is 4. The lowest BCUT2D eigenvalue weighted by atomic mass is 10.1. The number of aromatic hydroxyl groups is 2. The normalized spacial score (nSPS) is 11.5. The van der Waals surface area contributed by atoms with Crippen LogP contribution < -0.4 is 10.9 Å². The van der Waals surface area contributed by atoms with Crippen molar-refractivity contribution in [3.63, 3.8) is 0 Å². The molecule has 0 spiro atoms. The van der Waals surface area contributed by atoms with Crippen LogP contribution in [0.3, 0.4) is 0 Å². The van der Waals surface area contributed by atoms with Crippen LogP contribution in [0, 0.1) is 0 Å². The summed E-state index contributed by atoms with van der Waals surface area (Å²) in [5.74, 6) is -0.766. The maximum absolute atomic E-state index is 12.6. The molecule has 0 aliphatic rings. The number of carbonyl (C=O) groups is 1. The third kappa shape index (κ3) is 3.17. The van der Waals surface area contributed by atoms with Gasteiger partial charge in [0, 0.05) is 29.9 Å². The van der Waals surface area contributed by atoms with Crippen LogP contribution in [0.1, 0.15) is 17.3 Å². The van der Waals surface area contributed by atoms with Crippen LogP contribution in [0.2, 0.25) is 0 Å². The van der Waals surface area contributed by atoms with Gasteiger partial charge >= 0.3 is 0 Å². The van der Waals surface area contributed by atoms with Crippen LogP contribution in [0.4, 0.5) is 5.69 Å². The number of pyridine rings is 1. The van der Waals surface area contributed by atoms with E-state index in [0.717, 1.165) is 0 Å². The van der Waals surface area contributed by atoms with Gasteiger partial charge in [-0.3, -0.25) is 9.59 Å². The number of hydrogen-bond acceptors (Lipinski definition) is 5. The lowest BCUT2D eigenvalue weighted by molar-refractivity contribution is 0.104. The molecule has 0 amide bonds. The largest absolute Gasteiger partial charge is 0.508 e. The third-order valence-corrected chi connectivity index (χ3v) is 4.08. The van der Waals surface area contributed by atoms with Gasteiger partial charge in [-0.1, -0.05) is 12.1 Å². The van der Waals surface area contributed by atoms with Crippen LogP contribution >= 0.6 is 0 Å². The summed E-state index contributed by atoms with van der Waals surface area (Å²) >= 11 is 0. The maximum Gasteiger partial charge on any atom is 0.265 e. The Hall–Kier alpha value is -3.54. The summed E-state index contributed by atoms with van der Waals surface area (Å²) < 4.78 is 1.35. The van der Waals surface area contributed by atoms with Crippen molar-refractivity contribution in [2.45, 2.75) is 6.92 Å². The van der Waals surface area contributed by atoms with E-state index in [2.05, 4.69) is 5.32 Å². The zero-order chi connectivity index (χ0) is 18.8. The molecule has 26 heavy (non-hydrogen) atoms. The van der Waals surface area contributed by atoms with Gasteiger partial charge < -0.3 is 20.1 Å². The van der Waals surface area contributed by atoms with Crippen molar-refractivity contribution in [3.05, 3.63) is 76.2 Å². The molecule has 0 radical (unpaired) electrons. The molecule has 0 fully saturated rings. The Labute approximate surface area is 149 Å². The first kappa shape index (κ1) is 17.3. The number of phenols is 1. The molecule has 0 unspecified atom stereocenters. The van der Waals surface area contributed by atoms with Crippen molar-refractivity contribution in [3.8, 4) is 11.5 Å². The van der Waals surface area contributed by atoms with Crippen LogP contribution in [-0.2, 0) is 7.05 Å². The highest BCUT2D eigenvalue weighted by atomic mass is 16.3. The van der Waals surface area contributed by atoms with E-state index in [4.69, 9.17) is 0 Å². The summed E-state index contributed by atoms with van der Waals surface area (Å²) in [6.45, 7) is 1.67. The van der Waals surface area contributed by atoms with Gasteiger partial charge in [-0.2, -0.15) is 0 Å². The number of benzene rings is 2. The summed E-state index contributed by atoms with van der Waals surface area (Å²) in [5.41, 5.74) is 0.905. The zero-order valence-electron chi connectivity index (χ0n) is 14.4. The van der Waals surface area contributed by atoms with Crippen molar-refractivity contribution in [1.82, 2.24) is 4.57 Å². The fourth-order valence-corrected chi connectivity index (χ4v) is 2.78. The number of nitrogens with one attached hydrogen (secondary N) is 1. The zero-order valence-corrected chi connectivity index (χ0v) is 14.4. The van der Waals surface area contributed by atoms with Gasteiger partial charge in [0.1, 0.15) is 17.1 Å². The van der Waals surface area contributed by atoms with Gasteiger partial charge in [-0.25, -0.2) is 0 Å². The highest BCUT2D eigenvalue weighted by Gasteiger charge is 2.19. The quantitative estimate of drug-likeness (QED) is 0.382. The van der Waals surface area contributed by atoms with Gasteiger partial charge in [0.05, 0.1) is 5.52 Å². The number of phenolic OH excluding ortho intramolecular Hbond substituents is 1. The van der Waals surface area contributed by atoms with Crippen LogP contribution in [0.25, 0.3) is 10.9 Å². The number of nitrogens with zero attached hydrogens (tertiary/aromatic N) is 1. The second-order valence-electron chi connectivity index (χ2n) is 5.97. The average Bonchev–Trinajstić information content (AvgIpc) is 2.62. The lowest BCUT2D eigenvalue weighted by Crippen LogP contribution is -2.24. The average molecular weight is 350 g/mol. The van der Waals surface area contributed by atoms with Gasteiger partial charge in [-0.15, -0.1) is 0 Å². The first-order valence-corrected chi connectivity index (χ1v) is 7.98. The first-order chi connectivity index (χ1) is 12.4. The molecule has 0 saturated heterocycles. The Kier molecular flexibility index (Phi) is 4.49. The topological polar surface area (TPSA) is 91.6 Å². The SMILES string of the molecule is C/C(=C\C(=O)c1c(O)c2ccccc2n(C)c1=O)Nc1ccc(O)cc1. The molecule has 3 rings (SSSR count). The summed E-state index contributed by atoms with van der Waals surface area (Å²) in [4.78, 5) is 25.1. The molecule has 0 saturated carbocycles. The number of aryl methyl sites for hydroxylation is 1. The summed E-state index contributed by atoms with van der Waals surface area (Å²) in [5, 5.41) is 23.2. The van der Waals surface area contributed by atoms with Crippen LogP contribution in [0.15, 0.2) is 65.1 Å². The molecule has 0 aliphatic heterocycles. The summed E-state index contributed by atoms with van der Waals surface area (Å²) in [6, 6.07) is 13.2. The molecule has 0 aliphatic carbocycles. The minimum absolute atomic E-state index is 0.137. The van der Waals surface area contributed by atoms with E-state index in [0.29, 0.717) is 22.3 Å². The Morgan fingerprint density at radius 3 is 2.42 bits per heavy atom. The molecular weight excluding hydrogens is 332 g/mol. The van der Waals surface area contributed by atoms with E-state index in [1.165, 1.54) is 22.8 Å². The Balaban J connectivity index is 1.99. The lowest BCUT2D eigenvalue weighted by Gasteiger charge is -2.11. The molecule has 1 heterocycles. The maximum atomic E-state index is 12.6. The fourth-order valence-electron chi connectivity index (χ4n) is 2.78. The second kappa shape index (κ2) is 6.76. The van der Waals surface area contributed by atoms with Crippen LogP contribution in [0.5, 0.6) is 11.5 Å². The standard InChI is InChI=1S/C20H18N2O4/c1-12(21-13-7-9-14(23)10-8-13)11-17(24)18-19(25)15-5-3-4-6-16(15)22(2)20(18)26/h3-11,21,23,25H,1-2H3/b12-11+. The van der Waals surface area contributed by atoms with Gasteiger partial charge in [0.2, 0.25) is 0 Å². The number of para-hydroxylation sites is 1. The van der Waals surface area contributed by atoms with Gasteiger partial charge in [0.25, 0.3) is 5.56 Å². The molecule has 0 atom stereocenters. The summed E-state index contributed by atoms with van der Waals surface area (Å²) in [7, 11) is 1.56. The van der Waals surface area contributed by atoms with E-state index in [9.17, 15) is 19.8 Å². The van der Waals surface area contributed by atoms with Gasteiger partial charge in [-0.05, 0) is 43.3 Å². The number of anilines is 1. The smallest absolute Gasteiger partial charge is 0.265 e. The van der Waals surface area contributed by atoms with E-state index in [-0.39, 0.29) is 17.1 Å². The Bertz CT molecular complexity index is 1080. The monoisotopic (exact) mass is 350 g/mol. The van der Waals surface area contributed by atoms with Crippen molar-refractivity contribution in [2.75, 3.05) is 5.32 Å². The van der Waals surface area contributed by atoms with Crippen molar-refractivity contribution < 1.29 is 15.0 Å². The predicted octanol–water partition coefficient (Wildman–Crippen LogP) is 3.15. The molecule has 6 heteroatoms. The van der Waals surface area contributed by atoms with E-state index in [1.54, 1.807) is 50.4 Å². The summed E-state index contributed by atoms with van der Waals surface area (Å²) in [6.07, 6.45) is 1.26. The molecule has 3 N–H and O–H groups in total. The highest BCUT2D eigenvalue weighted by molar-refractivity contribution is 6.09. The van der Waals surface area contributed by atoms with Gasteiger partial charge in [0.15, 0.2) is 5.78 Å². The molecule has 3 aromatic rings. The van der Waals surface area contributed by atoms with E-state index < -0.39 is 11.3 Å². The Morgan fingerprint density at radius 2 is 1.73 bits per heavy atom. The van der Waals surface area contributed by atoms with Crippen LogP contribution in [-0.4, -0.2) is 20.6 Å². The van der Waals surface area contributed by atoms with Crippen molar-refractivity contribution >= 4 is 22.4 Å². The van der Waals surface area contributed by atoms with Crippen molar-refractivity contribution in [2.24, 2.45) is 7.05 Å². The Morgan fingerprint density at radius 1 is 1.08 bits per heavy atom. The minimum Gasteiger partial charge on any atom is -0.508 e. The highest BCUT2D eigenvalue weighted by Crippen LogP contribution is 2.26. The molecule has 6 nitrogen and oxygen atoms in total. The number of carbonyl (C=O) groups excluding carboxylic acids is 1.